The van der Waals surface area contributed by atoms with E-state index in [2.05, 4.69) is 6.92 Å². The molecule has 2 aliphatic carbocycles. The van der Waals surface area contributed by atoms with E-state index in [1.54, 1.807) is 0 Å². The summed E-state index contributed by atoms with van der Waals surface area (Å²) < 4.78 is 0. The normalized spacial score (nSPS) is 56.7. The van der Waals surface area contributed by atoms with Crippen molar-refractivity contribution in [3.63, 3.8) is 0 Å². The predicted molar refractivity (Wildman–Crippen MR) is 38.0 cm³/mol. The minimum atomic E-state index is 0.565. The third-order valence-electron chi connectivity index (χ3n) is 3.44. The summed E-state index contributed by atoms with van der Waals surface area (Å²) in [6.45, 7) is 2.36. The molecule has 1 nitrogen and oxygen atoms in total. The third kappa shape index (κ3) is 0.586. The second-order valence-corrected chi connectivity index (χ2v) is 3.84. The van der Waals surface area contributed by atoms with Crippen LogP contribution in [0, 0.1) is 11.3 Å². The average Bonchev–Trinajstić information content (AvgIpc) is 2.29. The highest BCUT2D eigenvalue weighted by atomic mass is 14.8. The Hall–Kier alpha value is -0.0400. The molecule has 9 heavy (non-hydrogen) atoms. The molecule has 52 valence electrons. The maximum atomic E-state index is 5.85. The maximum absolute atomic E-state index is 5.85. The summed E-state index contributed by atoms with van der Waals surface area (Å²) in [4.78, 5) is 0. The largest absolute Gasteiger partial charge is 0.327 e. The summed E-state index contributed by atoms with van der Waals surface area (Å²) in [5, 5.41) is 0. The van der Waals surface area contributed by atoms with Gasteiger partial charge >= 0.3 is 0 Å². The summed E-state index contributed by atoms with van der Waals surface area (Å²) in [7, 11) is 0. The van der Waals surface area contributed by atoms with Crippen molar-refractivity contribution in [3.05, 3.63) is 0 Å². The van der Waals surface area contributed by atoms with Crippen LogP contribution in [-0.4, -0.2) is 6.04 Å². The van der Waals surface area contributed by atoms with Gasteiger partial charge in [0.1, 0.15) is 0 Å². The van der Waals surface area contributed by atoms with Crippen molar-refractivity contribution in [3.8, 4) is 0 Å². The van der Waals surface area contributed by atoms with Crippen molar-refractivity contribution in [1.29, 1.82) is 0 Å². The standard InChI is InChI=1S/C8H15N/c1-6-3-2-4-8(6)5-7(8)9/h6-7H,2-5,9H2,1H3. The van der Waals surface area contributed by atoms with E-state index in [0.717, 1.165) is 5.92 Å². The van der Waals surface area contributed by atoms with Crippen LogP contribution in [0.5, 0.6) is 0 Å². The molecule has 2 aliphatic rings. The molecule has 2 N–H and O–H groups in total. The molecule has 2 saturated carbocycles. The molecule has 0 radical (unpaired) electrons. The Morgan fingerprint density at radius 1 is 1.56 bits per heavy atom. The zero-order chi connectivity index (χ0) is 6.48. The van der Waals surface area contributed by atoms with Crippen LogP contribution >= 0.6 is 0 Å². The number of nitrogens with two attached hydrogens (primary N) is 1. The highest BCUT2D eigenvalue weighted by molar-refractivity contribution is 5.11. The van der Waals surface area contributed by atoms with Crippen LogP contribution in [0.25, 0.3) is 0 Å². The summed E-state index contributed by atoms with van der Waals surface area (Å²) >= 11 is 0. The minimum absolute atomic E-state index is 0.565. The Balaban J connectivity index is 2.12. The topological polar surface area (TPSA) is 26.0 Å². The number of rotatable bonds is 0. The quantitative estimate of drug-likeness (QED) is 0.522. The van der Waals surface area contributed by atoms with E-state index in [4.69, 9.17) is 5.73 Å². The third-order valence-corrected chi connectivity index (χ3v) is 3.44. The molecule has 1 heteroatoms. The van der Waals surface area contributed by atoms with Gasteiger partial charge in [-0.3, -0.25) is 0 Å². The van der Waals surface area contributed by atoms with Crippen LogP contribution in [0.3, 0.4) is 0 Å². The molecule has 1 spiro atoms. The lowest BCUT2D eigenvalue weighted by Gasteiger charge is -2.12. The summed E-state index contributed by atoms with van der Waals surface area (Å²) in [6.07, 6.45) is 5.58. The lowest BCUT2D eigenvalue weighted by atomic mass is 9.94. The lowest BCUT2D eigenvalue weighted by Crippen LogP contribution is -2.16. The first kappa shape index (κ1) is 5.72. The molecule has 0 bridgehead atoms. The van der Waals surface area contributed by atoms with E-state index in [1.165, 1.54) is 25.7 Å². The van der Waals surface area contributed by atoms with Gasteiger partial charge < -0.3 is 5.73 Å². The minimum Gasteiger partial charge on any atom is -0.327 e. The van der Waals surface area contributed by atoms with Crippen molar-refractivity contribution in [2.45, 2.75) is 38.6 Å². The fourth-order valence-electron chi connectivity index (χ4n) is 2.48. The van der Waals surface area contributed by atoms with Crippen LogP contribution in [0.2, 0.25) is 0 Å². The van der Waals surface area contributed by atoms with Crippen LogP contribution in [0.1, 0.15) is 32.6 Å². The van der Waals surface area contributed by atoms with Gasteiger partial charge in [-0.15, -0.1) is 0 Å². The van der Waals surface area contributed by atoms with Crippen LogP contribution in [0.15, 0.2) is 0 Å². The van der Waals surface area contributed by atoms with E-state index >= 15 is 0 Å². The Morgan fingerprint density at radius 2 is 2.22 bits per heavy atom. The molecule has 2 rings (SSSR count). The van der Waals surface area contributed by atoms with Crippen molar-refractivity contribution < 1.29 is 0 Å². The zero-order valence-electron chi connectivity index (χ0n) is 6.06. The Bertz CT molecular complexity index is 133. The molecule has 0 aromatic carbocycles. The number of hydrogen-bond acceptors (Lipinski definition) is 1. The first-order valence-electron chi connectivity index (χ1n) is 4.01. The summed E-state index contributed by atoms with van der Waals surface area (Å²) in [5.41, 5.74) is 6.49. The first-order valence-corrected chi connectivity index (χ1v) is 4.01. The van der Waals surface area contributed by atoms with Crippen LogP contribution in [-0.2, 0) is 0 Å². The molecule has 3 atom stereocenters. The summed E-state index contributed by atoms with van der Waals surface area (Å²) in [5.74, 6) is 0.924. The van der Waals surface area contributed by atoms with Gasteiger partial charge in [0.2, 0.25) is 0 Å². The molecule has 2 fully saturated rings. The molecular formula is C8H15N. The molecule has 0 saturated heterocycles. The molecule has 0 heterocycles. The highest BCUT2D eigenvalue weighted by Crippen LogP contribution is 2.59. The fourth-order valence-corrected chi connectivity index (χ4v) is 2.48. The van der Waals surface area contributed by atoms with Gasteiger partial charge in [0.15, 0.2) is 0 Å². The zero-order valence-corrected chi connectivity index (χ0v) is 6.06. The molecule has 0 aromatic rings. The fraction of sp³-hybridized carbons (Fsp3) is 1.00. The van der Waals surface area contributed by atoms with Crippen LogP contribution in [0.4, 0.5) is 0 Å². The van der Waals surface area contributed by atoms with Gasteiger partial charge in [-0.2, -0.15) is 0 Å². The summed E-state index contributed by atoms with van der Waals surface area (Å²) in [6, 6.07) is 0.565. The average molecular weight is 125 g/mol. The van der Waals surface area contributed by atoms with Crippen LogP contribution < -0.4 is 5.73 Å². The van der Waals surface area contributed by atoms with Gasteiger partial charge in [0.25, 0.3) is 0 Å². The van der Waals surface area contributed by atoms with E-state index < -0.39 is 0 Å². The van der Waals surface area contributed by atoms with Gasteiger partial charge in [0.05, 0.1) is 0 Å². The van der Waals surface area contributed by atoms with Gasteiger partial charge in [-0.05, 0) is 24.2 Å². The molecule has 3 unspecified atom stereocenters. The van der Waals surface area contributed by atoms with E-state index in [0.29, 0.717) is 11.5 Å². The van der Waals surface area contributed by atoms with E-state index in [1.807, 2.05) is 0 Å². The maximum Gasteiger partial charge on any atom is 0.0105 e. The van der Waals surface area contributed by atoms with E-state index in [-0.39, 0.29) is 0 Å². The lowest BCUT2D eigenvalue weighted by molar-refractivity contribution is 0.381. The van der Waals surface area contributed by atoms with Gasteiger partial charge in [-0.25, -0.2) is 0 Å². The molecular weight excluding hydrogens is 110 g/mol. The monoisotopic (exact) mass is 125 g/mol. The van der Waals surface area contributed by atoms with E-state index in [9.17, 15) is 0 Å². The van der Waals surface area contributed by atoms with Crippen molar-refractivity contribution in [2.75, 3.05) is 0 Å². The highest BCUT2D eigenvalue weighted by Gasteiger charge is 2.56. The number of hydrogen-bond donors (Lipinski definition) is 1. The Morgan fingerprint density at radius 3 is 2.44 bits per heavy atom. The van der Waals surface area contributed by atoms with Gasteiger partial charge in [0, 0.05) is 6.04 Å². The molecule has 0 amide bonds. The second kappa shape index (κ2) is 1.51. The van der Waals surface area contributed by atoms with Crippen molar-refractivity contribution >= 4 is 0 Å². The Kier molecular flexibility index (Phi) is 0.963. The van der Waals surface area contributed by atoms with Crippen molar-refractivity contribution in [2.24, 2.45) is 17.1 Å². The Labute approximate surface area is 56.6 Å². The molecule has 0 aliphatic heterocycles. The second-order valence-electron chi connectivity index (χ2n) is 3.84. The van der Waals surface area contributed by atoms with Crippen molar-refractivity contribution in [1.82, 2.24) is 0 Å². The predicted octanol–water partition coefficient (Wildman–Crippen LogP) is 1.52. The molecule has 0 aromatic heterocycles. The SMILES string of the molecule is CC1CCCC12CC2N. The first-order chi connectivity index (χ1) is 4.26. The van der Waals surface area contributed by atoms with Gasteiger partial charge in [-0.1, -0.05) is 19.8 Å². The smallest absolute Gasteiger partial charge is 0.0105 e.